The molecule has 0 fully saturated rings. The van der Waals surface area contributed by atoms with E-state index in [0.29, 0.717) is 19.8 Å². The van der Waals surface area contributed by atoms with Crippen LogP contribution in [0.5, 0.6) is 0 Å². The van der Waals surface area contributed by atoms with Crippen LogP contribution in [0.1, 0.15) is 27.2 Å². The number of hydrogen-bond donors (Lipinski definition) is 2. The predicted octanol–water partition coefficient (Wildman–Crippen LogP) is 0.527. The molecule has 0 spiro atoms. The standard InChI is InChI=1S/C10H22N2O2/c1-4-6-11-10(13)7-12-9(3)8-14-5-2/h9,12H,4-8H2,1-3H3,(H,11,13). The molecule has 1 atom stereocenters. The highest BCUT2D eigenvalue weighted by Gasteiger charge is 2.04. The van der Waals surface area contributed by atoms with Crippen molar-refractivity contribution in [1.82, 2.24) is 10.6 Å². The molecule has 0 aliphatic heterocycles. The Morgan fingerprint density at radius 1 is 1.43 bits per heavy atom. The van der Waals surface area contributed by atoms with E-state index in [2.05, 4.69) is 10.6 Å². The summed E-state index contributed by atoms with van der Waals surface area (Å²) in [5, 5.41) is 5.89. The highest BCUT2D eigenvalue weighted by Crippen LogP contribution is 1.83. The highest BCUT2D eigenvalue weighted by atomic mass is 16.5. The van der Waals surface area contributed by atoms with Gasteiger partial charge in [-0.25, -0.2) is 0 Å². The van der Waals surface area contributed by atoms with Crippen molar-refractivity contribution in [3.05, 3.63) is 0 Å². The average molecular weight is 202 g/mol. The molecule has 0 rings (SSSR count). The molecule has 14 heavy (non-hydrogen) atoms. The minimum atomic E-state index is 0.0511. The van der Waals surface area contributed by atoms with E-state index < -0.39 is 0 Å². The Kier molecular flexibility index (Phi) is 8.57. The predicted molar refractivity (Wildman–Crippen MR) is 57.3 cm³/mol. The third-order valence-corrected chi connectivity index (χ3v) is 1.76. The quantitative estimate of drug-likeness (QED) is 0.603. The molecular weight excluding hydrogens is 180 g/mol. The van der Waals surface area contributed by atoms with Crippen LogP contribution in [0, 0.1) is 0 Å². The van der Waals surface area contributed by atoms with Gasteiger partial charge in [0.2, 0.25) is 5.91 Å². The summed E-state index contributed by atoms with van der Waals surface area (Å²) in [5.74, 6) is 0.0511. The van der Waals surface area contributed by atoms with Crippen LogP contribution in [0.2, 0.25) is 0 Å². The van der Waals surface area contributed by atoms with Crippen LogP contribution < -0.4 is 10.6 Å². The molecule has 0 saturated heterocycles. The number of carbonyl (C=O) groups excluding carboxylic acids is 1. The van der Waals surface area contributed by atoms with E-state index in [9.17, 15) is 4.79 Å². The molecule has 0 radical (unpaired) electrons. The first kappa shape index (κ1) is 13.4. The van der Waals surface area contributed by atoms with Gasteiger partial charge in [-0.15, -0.1) is 0 Å². The molecular formula is C10H22N2O2. The Labute approximate surface area is 86.4 Å². The van der Waals surface area contributed by atoms with Crippen molar-refractivity contribution in [1.29, 1.82) is 0 Å². The van der Waals surface area contributed by atoms with Crippen molar-refractivity contribution >= 4 is 5.91 Å². The van der Waals surface area contributed by atoms with Crippen molar-refractivity contribution in [2.45, 2.75) is 33.2 Å². The first-order chi connectivity index (χ1) is 6.70. The van der Waals surface area contributed by atoms with E-state index in [4.69, 9.17) is 4.74 Å². The van der Waals surface area contributed by atoms with E-state index in [-0.39, 0.29) is 11.9 Å². The monoisotopic (exact) mass is 202 g/mol. The SMILES string of the molecule is CCCNC(=O)CNC(C)COCC. The number of ether oxygens (including phenoxy) is 1. The van der Waals surface area contributed by atoms with Crippen LogP contribution in [0.4, 0.5) is 0 Å². The lowest BCUT2D eigenvalue weighted by Crippen LogP contribution is -2.40. The number of rotatable bonds is 8. The summed E-state index contributed by atoms with van der Waals surface area (Å²) in [7, 11) is 0. The molecule has 4 nitrogen and oxygen atoms in total. The fourth-order valence-corrected chi connectivity index (χ4v) is 0.947. The third kappa shape index (κ3) is 8.01. The molecule has 4 heteroatoms. The fourth-order valence-electron chi connectivity index (χ4n) is 0.947. The van der Waals surface area contributed by atoms with E-state index in [1.54, 1.807) is 0 Å². The lowest BCUT2D eigenvalue weighted by molar-refractivity contribution is -0.120. The van der Waals surface area contributed by atoms with E-state index in [1.165, 1.54) is 0 Å². The Bertz CT molecular complexity index is 151. The summed E-state index contributed by atoms with van der Waals surface area (Å²) in [6, 6.07) is 0.224. The van der Waals surface area contributed by atoms with Crippen LogP contribution in [0.25, 0.3) is 0 Å². The van der Waals surface area contributed by atoms with Gasteiger partial charge in [-0.2, -0.15) is 0 Å². The first-order valence-corrected chi connectivity index (χ1v) is 5.28. The van der Waals surface area contributed by atoms with Gasteiger partial charge in [0, 0.05) is 19.2 Å². The first-order valence-electron chi connectivity index (χ1n) is 5.28. The van der Waals surface area contributed by atoms with Crippen molar-refractivity contribution < 1.29 is 9.53 Å². The van der Waals surface area contributed by atoms with Crippen molar-refractivity contribution in [3.63, 3.8) is 0 Å². The second-order valence-corrected chi connectivity index (χ2v) is 3.29. The van der Waals surface area contributed by atoms with Gasteiger partial charge in [0.1, 0.15) is 0 Å². The molecule has 84 valence electrons. The maximum Gasteiger partial charge on any atom is 0.233 e. The lowest BCUT2D eigenvalue weighted by atomic mass is 10.3. The van der Waals surface area contributed by atoms with E-state index in [0.717, 1.165) is 13.0 Å². The summed E-state index contributed by atoms with van der Waals surface area (Å²) >= 11 is 0. The van der Waals surface area contributed by atoms with Gasteiger partial charge >= 0.3 is 0 Å². The second kappa shape index (κ2) is 8.97. The van der Waals surface area contributed by atoms with Crippen LogP contribution in [0.15, 0.2) is 0 Å². The zero-order valence-electron chi connectivity index (χ0n) is 9.43. The zero-order chi connectivity index (χ0) is 10.8. The molecule has 0 saturated carbocycles. The van der Waals surface area contributed by atoms with Gasteiger partial charge < -0.3 is 15.4 Å². The van der Waals surface area contributed by atoms with Crippen LogP contribution in [-0.4, -0.2) is 38.3 Å². The largest absolute Gasteiger partial charge is 0.380 e. The topological polar surface area (TPSA) is 50.4 Å². The maximum atomic E-state index is 11.2. The van der Waals surface area contributed by atoms with Gasteiger partial charge in [-0.3, -0.25) is 4.79 Å². The Balaban J connectivity index is 3.36. The zero-order valence-corrected chi connectivity index (χ0v) is 9.43. The van der Waals surface area contributed by atoms with Gasteiger partial charge in [-0.05, 0) is 20.3 Å². The molecule has 0 aliphatic carbocycles. The molecule has 1 unspecified atom stereocenters. The number of carbonyl (C=O) groups is 1. The average Bonchev–Trinajstić information content (AvgIpc) is 2.20. The number of nitrogens with one attached hydrogen (secondary N) is 2. The fraction of sp³-hybridized carbons (Fsp3) is 0.900. The van der Waals surface area contributed by atoms with Gasteiger partial charge in [-0.1, -0.05) is 6.92 Å². The van der Waals surface area contributed by atoms with Crippen LogP contribution >= 0.6 is 0 Å². The van der Waals surface area contributed by atoms with Gasteiger partial charge in [0.15, 0.2) is 0 Å². The molecule has 0 bridgehead atoms. The molecule has 1 amide bonds. The molecule has 0 aromatic carbocycles. The Hall–Kier alpha value is -0.610. The van der Waals surface area contributed by atoms with E-state index in [1.807, 2.05) is 20.8 Å². The smallest absolute Gasteiger partial charge is 0.233 e. The minimum Gasteiger partial charge on any atom is -0.380 e. The van der Waals surface area contributed by atoms with Gasteiger partial charge in [0.25, 0.3) is 0 Å². The molecule has 0 aliphatic rings. The third-order valence-electron chi connectivity index (χ3n) is 1.76. The number of amides is 1. The Morgan fingerprint density at radius 3 is 2.71 bits per heavy atom. The van der Waals surface area contributed by atoms with Crippen LogP contribution in [-0.2, 0) is 9.53 Å². The molecule has 0 aromatic heterocycles. The van der Waals surface area contributed by atoms with Crippen molar-refractivity contribution in [3.8, 4) is 0 Å². The minimum absolute atomic E-state index is 0.0511. The summed E-state index contributed by atoms with van der Waals surface area (Å²) in [6.07, 6.45) is 0.972. The summed E-state index contributed by atoms with van der Waals surface area (Å²) < 4.78 is 5.21. The van der Waals surface area contributed by atoms with Gasteiger partial charge in [0.05, 0.1) is 13.2 Å². The summed E-state index contributed by atoms with van der Waals surface area (Å²) in [5.41, 5.74) is 0. The Morgan fingerprint density at radius 2 is 2.14 bits per heavy atom. The van der Waals surface area contributed by atoms with Crippen molar-refractivity contribution in [2.24, 2.45) is 0 Å². The molecule has 0 heterocycles. The van der Waals surface area contributed by atoms with E-state index >= 15 is 0 Å². The van der Waals surface area contributed by atoms with Crippen LogP contribution in [0.3, 0.4) is 0 Å². The summed E-state index contributed by atoms with van der Waals surface area (Å²) in [4.78, 5) is 11.2. The molecule has 2 N–H and O–H groups in total. The number of hydrogen-bond acceptors (Lipinski definition) is 3. The lowest BCUT2D eigenvalue weighted by Gasteiger charge is -2.13. The summed E-state index contributed by atoms with van der Waals surface area (Å²) in [6.45, 7) is 8.48. The maximum absolute atomic E-state index is 11.2. The normalized spacial score (nSPS) is 12.5. The molecule has 0 aromatic rings. The second-order valence-electron chi connectivity index (χ2n) is 3.29. The highest BCUT2D eigenvalue weighted by molar-refractivity contribution is 5.77. The van der Waals surface area contributed by atoms with Crippen molar-refractivity contribution in [2.75, 3.05) is 26.3 Å².